The van der Waals surface area contributed by atoms with Crippen molar-refractivity contribution >= 4 is 10.6 Å². The van der Waals surface area contributed by atoms with E-state index < -0.39 is 10.6 Å². The summed E-state index contributed by atoms with van der Waals surface area (Å²) in [7, 11) is -1.33. The quantitative estimate of drug-likeness (QED) is 0.665. The highest BCUT2D eigenvalue weighted by atomic mass is 32.3. The zero-order chi connectivity index (χ0) is 10.5. The van der Waals surface area contributed by atoms with Gasteiger partial charge in [-0.3, -0.25) is 8.37 Å². The molecule has 0 bridgehead atoms. The monoisotopic (exact) mass is 208 g/mol. The molecule has 0 N–H and O–H groups in total. The summed E-state index contributed by atoms with van der Waals surface area (Å²) in [6.07, 6.45) is 0. The summed E-state index contributed by atoms with van der Waals surface area (Å²) in [5, 5.41) is 0.930. The van der Waals surface area contributed by atoms with Crippen LogP contribution in [-0.2, 0) is 8.37 Å². The second-order valence-electron chi connectivity index (χ2n) is 3.50. The maximum Gasteiger partial charge on any atom is 0.0685 e. The zero-order valence-corrected chi connectivity index (χ0v) is 10.6. The maximum atomic E-state index is 5.85. The molecule has 0 aliphatic heterocycles. The Morgan fingerprint density at radius 3 is 1.31 bits per heavy atom. The highest BCUT2D eigenvalue weighted by molar-refractivity contribution is 8.26. The molecule has 0 aliphatic carbocycles. The second-order valence-corrected chi connectivity index (χ2v) is 7.03. The molecule has 0 spiro atoms. The van der Waals surface area contributed by atoms with Gasteiger partial charge in [0.2, 0.25) is 0 Å². The predicted molar refractivity (Wildman–Crippen MR) is 61.1 cm³/mol. The van der Waals surface area contributed by atoms with E-state index in [1.807, 2.05) is 13.8 Å². The lowest BCUT2D eigenvalue weighted by Gasteiger charge is -2.49. The molecule has 13 heavy (non-hydrogen) atoms. The molecule has 0 saturated carbocycles. The van der Waals surface area contributed by atoms with Crippen LogP contribution < -0.4 is 0 Å². The maximum absolute atomic E-state index is 5.85. The van der Waals surface area contributed by atoms with Crippen molar-refractivity contribution in [3.8, 4) is 0 Å². The minimum absolute atomic E-state index is 0.465. The summed E-state index contributed by atoms with van der Waals surface area (Å²) >= 11 is 0. The van der Waals surface area contributed by atoms with E-state index in [1.54, 1.807) is 0 Å². The minimum atomic E-state index is -1.33. The fraction of sp³-hybridized carbons (Fsp3) is 1.00. The van der Waals surface area contributed by atoms with Gasteiger partial charge in [-0.15, -0.1) is 0 Å². The minimum Gasteiger partial charge on any atom is -0.284 e. The van der Waals surface area contributed by atoms with Crippen molar-refractivity contribution < 1.29 is 8.37 Å². The average Bonchev–Trinajstić information content (AvgIpc) is 2.03. The summed E-state index contributed by atoms with van der Waals surface area (Å²) in [6, 6.07) is 0. The zero-order valence-electron chi connectivity index (χ0n) is 9.79. The van der Waals surface area contributed by atoms with Crippen molar-refractivity contribution in [2.75, 3.05) is 13.2 Å². The third-order valence-electron chi connectivity index (χ3n) is 1.92. The van der Waals surface area contributed by atoms with Gasteiger partial charge < -0.3 is 0 Å². The third-order valence-corrected chi connectivity index (χ3v) is 5.75. The number of hydrogen-bond acceptors (Lipinski definition) is 2. The van der Waals surface area contributed by atoms with Gasteiger partial charge in [0.25, 0.3) is 0 Å². The SMILES string of the molecule is CCOS(OCC)(C(C)C)C(C)C. The van der Waals surface area contributed by atoms with E-state index in [-0.39, 0.29) is 0 Å². The molecule has 0 atom stereocenters. The van der Waals surface area contributed by atoms with Crippen LogP contribution in [0.15, 0.2) is 0 Å². The molecule has 82 valence electrons. The van der Waals surface area contributed by atoms with Gasteiger partial charge in [0.05, 0.1) is 13.2 Å². The highest BCUT2D eigenvalue weighted by Gasteiger charge is 2.28. The molecule has 3 heteroatoms. The van der Waals surface area contributed by atoms with Gasteiger partial charge in [-0.1, -0.05) is 0 Å². The Hall–Kier alpha value is 0.270. The van der Waals surface area contributed by atoms with Crippen LogP contribution in [0.25, 0.3) is 0 Å². The Kier molecular flexibility index (Phi) is 6.01. The Labute approximate surface area is 84.7 Å². The van der Waals surface area contributed by atoms with Crippen LogP contribution >= 0.6 is 10.6 Å². The van der Waals surface area contributed by atoms with Crippen LogP contribution in [0, 0.1) is 0 Å². The van der Waals surface area contributed by atoms with Gasteiger partial charge in [0.15, 0.2) is 0 Å². The lowest BCUT2D eigenvalue weighted by molar-refractivity contribution is 0.266. The fourth-order valence-electron chi connectivity index (χ4n) is 1.49. The molecule has 0 aromatic carbocycles. The van der Waals surface area contributed by atoms with E-state index >= 15 is 0 Å². The van der Waals surface area contributed by atoms with E-state index in [0.29, 0.717) is 10.5 Å². The highest BCUT2D eigenvalue weighted by Crippen LogP contribution is 2.58. The number of hydrogen-bond donors (Lipinski definition) is 0. The normalized spacial score (nSPS) is 14.2. The summed E-state index contributed by atoms with van der Waals surface area (Å²) in [5.74, 6) is 0. The molecule has 0 aromatic heterocycles. The first-order chi connectivity index (χ1) is 6.01. The van der Waals surface area contributed by atoms with Crippen molar-refractivity contribution in [3.63, 3.8) is 0 Å². The summed E-state index contributed by atoms with van der Waals surface area (Å²) in [6.45, 7) is 14.3. The number of rotatable bonds is 6. The average molecular weight is 208 g/mol. The van der Waals surface area contributed by atoms with Crippen LogP contribution in [0.1, 0.15) is 41.5 Å². The molecule has 0 rings (SSSR count). The van der Waals surface area contributed by atoms with E-state index in [2.05, 4.69) is 27.7 Å². The first kappa shape index (κ1) is 13.3. The lowest BCUT2D eigenvalue weighted by Crippen LogP contribution is -2.26. The van der Waals surface area contributed by atoms with Crippen molar-refractivity contribution in [1.82, 2.24) is 0 Å². The smallest absolute Gasteiger partial charge is 0.0685 e. The molecule has 0 heterocycles. The Balaban J connectivity index is 4.59. The van der Waals surface area contributed by atoms with Crippen molar-refractivity contribution in [2.24, 2.45) is 0 Å². The summed E-state index contributed by atoms with van der Waals surface area (Å²) in [4.78, 5) is 0. The molecule has 0 aliphatic rings. The van der Waals surface area contributed by atoms with Crippen LogP contribution in [0.5, 0.6) is 0 Å². The van der Waals surface area contributed by atoms with Gasteiger partial charge in [0.1, 0.15) is 0 Å². The molecule has 0 aromatic rings. The van der Waals surface area contributed by atoms with Crippen LogP contribution in [0.3, 0.4) is 0 Å². The van der Waals surface area contributed by atoms with Gasteiger partial charge in [-0.05, 0) is 41.5 Å². The molecular formula is C10H24O2S. The van der Waals surface area contributed by atoms with E-state index in [9.17, 15) is 0 Å². The predicted octanol–water partition coefficient (Wildman–Crippen LogP) is 3.51. The van der Waals surface area contributed by atoms with Crippen molar-refractivity contribution in [1.29, 1.82) is 0 Å². The van der Waals surface area contributed by atoms with Crippen LogP contribution in [0.2, 0.25) is 0 Å². The van der Waals surface area contributed by atoms with Gasteiger partial charge in [-0.25, -0.2) is 0 Å². The standard InChI is InChI=1S/C10H24O2S/c1-7-11-13(9(3)4,10(5)6)12-8-2/h9-10H,7-8H2,1-6H3. The fourth-order valence-corrected chi connectivity index (χ4v) is 4.47. The Morgan fingerprint density at radius 2 is 1.15 bits per heavy atom. The molecule has 0 fully saturated rings. The van der Waals surface area contributed by atoms with E-state index in [0.717, 1.165) is 13.2 Å². The first-order valence-electron chi connectivity index (χ1n) is 5.11. The van der Waals surface area contributed by atoms with Gasteiger partial charge >= 0.3 is 0 Å². The topological polar surface area (TPSA) is 18.5 Å². The van der Waals surface area contributed by atoms with Crippen molar-refractivity contribution in [3.05, 3.63) is 0 Å². The largest absolute Gasteiger partial charge is 0.284 e. The van der Waals surface area contributed by atoms with Crippen LogP contribution in [0.4, 0.5) is 0 Å². The Morgan fingerprint density at radius 1 is 0.846 bits per heavy atom. The van der Waals surface area contributed by atoms with Crippen molar-refractivity contribution in [2.45, 2.75) is 52.0 Å². The first-order valence-corrected chi connectivity index (χ1v) is 6.72. The summed E-state index contributed by atoms with van der Waals surface area (Å²) in [5.41, 5.74) is 0. The lowest BCUT2D eigenvalue weighted by atomic mass is 10.5. The molecule has 0 saturated heterocycles. The van der Waals surface area contributed by atoms with E-state index in [4.69, 9.17) is 8.37 Å². The molecule has 0 unspecified atom stereocenters. The molecule has 2 nitrogen and oxygen atoms in total. The third kappa shape index (κ3) is 3.15. The Bertz CT molecular complexity index is 119. The van der Waals surface area contributed by atoms with Gasteiger partial charge in [-0.2, -0.15) is 10.6 Å². The second kappa shape index (κ2) is 5.89. The summed E-state index contributed by atoms with van der Waals surface area (Å²) < 4.78 is 11.7. The molecule has 0 amide bonds. The molecule has 0 radical (unpaired) electrons. The van der Waals surface area contributed by atoms with Gasteiger partial charge in [0, 0.05) is 10.5 Å². The molecular weight excluding hydrogens is 184 g/mol. The van der Waals surface area contributed by atoms with Crippen LogP contribution in [-0.4, -0.2) is 23.7 Å². The van der Waals surface area contributed by atoms with E-state index in [1.165, 1.54) is 0 Å².